The predicted octanol–water partition coefficient (Wildman–Crippen LogP) is 1.55. The molecule has 2 rings (SSSR count). The average molecular weight is 291 g/mol. The zero-order valence-electron chi connectivity index (χ0n) is 10.2. The summed E-state index contributed by atoms with van der Waals surface area (Å²) in [7, 11) is 0. The molecule has 1 heterocycles. The number of benzene rings is 1. The molecule has 5 nitrogen and oxygen atoms in total. The van der Waals surface area contributed by atoms with E-state index in [2.05, 4.69) is 22.1 Å². The van der Waals surface area contributed by atoms with Gasteiger partial charge in [0.2, 0.25) is 0 Å². The van der Waals surface area contributed by atoms with E-state index in [1.165, 1.54) is 18.3 Å². The first-order chi connectivity index (χ1) is 9.61. The number of anilines is 1. The summed E-state index contributed by atoms with van der Waals surface area (Å²) in [5.41, 5.74) is 4.83. The summed E-state index contributed by atoms with van der Waals surface area (Å²) in [5.74, 6) is 3.42. The van der Waals surface area contributed by atoms with Crippen LogP contribution in [0.3, 0.4) is 0 Å². The van der Waals surface area contributed by atoms with Gasteiger partial charge in [-0.05, 0) is 12.1 Å². The van der Waals surface area contributed by atoms with Crippen molar-refractivity contribution in [3.8, 4) is 17.6 Å². The minimum Gasteiger partial charge on any atom is -0.507 e. The SMILES string of the molecule is NCC#Cc1cnc(NC(=O)c2c(O)cccc2F)s1. The van der Waals surface area contributed by atoms with Crippen molar-refractivity contribution in [1.29, 1.82) is 0 Å². The van der Waals surface area contributed by atoms with Gasteiger partial charge in [-0.25, -0.2) is 9.37 Å². The van der Waals surface area contributed by atoms with Crippen LogP contribution in [-0.2, 0) is 0 Å². The minimum atomic E-state index is -0.804. The molecule has 1 aromatic heterocycles. The molecular weight excluding hydrogens is 281 g/mol. The third kappa shape index (κ3) is 3.12. The third-order valence-corrected chi connectivity index (χ3v) is 3.09. The molecule has 0 aliphatic heterocycles. The Morgan fingerprint density at radius 2 is 2.35 bits per heavy atom. The molecule has 0 unspecified atom stereocenters. The third-order valence-electron chi connectivity index (χ3n) is 2.26. The highest BCUT2D eigenvalue weighted by Gasteiger charge is 2.17. The quantitative estimate of drug-likeness (QED) is 0.732. The normalized spacial score (nSPS) is 9.70. The standard InChI is InChI=1S/C13H10FN3O2S/c14-9-4-1-5-10(18)11(9)12(19)17-13-16-7-8(20-13)3-2-6-15/h1,4-5,7,18H,6,15H2,(H,16,17,19). The number of carbonyl (C=O) groups excluding carboxylic acids is 1. The number of thiazole rings is 1. The number of amides is 1. The molecule has 0 atom stereocenters. The van der Waals surface area contributed by atoms with Crippen LogP contribution in [0.5, 0.6) is 5.75 Å². The Labute approximate surface area is 118 Å². The van der Waals surface area contributed by atoms with E-state index < -0.39 is 23.0 Å². The molecule has 2 aromatic rings. The first kappa shape index (κ1) is 14.0. The Kier molecular flexibility index (Phi) is 4.30. The molecule has 0 saturated carbocycles. The number of hydrogen-bond donors (Lipinski definition) is 3. The van der Waals surface area contributed by atoms with Gasteiger partial charge in [-0.15, -0.1) is 0 Å². The summed E-state index contributed by atoms with van der Waals surface area (Å²) in [4.78, 5) is 16.4. The summed E-state index contributed by atoms with van der Waals surface area (Å²) in [6.45, 7) is 0.225. The zero-order valence-corrected chi connectivity index (χ0v) is 11.0. The summed E-state index contributed by atoms with van der Waals surface area (Å²) < 4.78 is 13.5. The Morgan fingerprint density at radius 1 is 1.55 bits per heavy atom. The van der Waals surface area contributed by atoms with E-state index in [0.29, 0.717) is 4.88 Å². The number of halogens is 1. The maximum atomic E-state index is 13.5. The van der Waals surface area contributed by atoms with E-state index in [9.17, 15) is 14.3 Å². The molecule has 0 bridgehead atoms. The molecule has 0 aliphatic carbocycles. The molecule has 0 saturated heterocycles. The number of aromatic nitrogens is 1. The van der Waals surface area contributed by atoms with E-state index in [1.807, 2.05) is 0 Å². The van der Waals surface area contributed by atoms with Crippen molar-refractivity contribution in [2.24, 2.45) is 5.73 Å². The Balaban J connectivity index is 2.18. The summed E-state index contributed by atoms with van der Waals surface area (Å²) in [5, 5.41) is 12.2. The molecule has 4 N–H and O–H groups in total. The monoisotopic (exact) mass is 291 g/mol. The molecule has 1 aromatic carbocycles. The van der Waals surface area contributed by atoms with Crippen LogP contribution in [0.25, 0.3) is 0 Å². The van der Waals surface area contributed by atoms with Crippen molar-refractivity contribution in [2.75, 3.05) is 11.9 Å². The highest BCUT2D eigenvalue weighted by molar-refractivity contribution is 7.16. The predicted molar refractivity (Wildman–Crippen MR) is 74.1 cm³/mol. The summed E-state index contributed by atoms with van der Waals surface area (Å²) >= 11 is 1.13. The van der Waals surface area contributed by atoms with Crippen LogP contribution in [0.4, 0.5) is 9.52 Å². The molecule has 0 aliphatic rings. The first-order valence-corrected chi connectivity index (χ1v) is 6.37. The van der Waals surface area contributed by atoms with Gasteiger partial charge in [-0.3, -0.25) is 10.1 Å². The fourth-order valence-electron chi connectivity index (χ4n) is 1.42. The number of rotatable bonds is 2. The first-order valence-electron chi connectivity index (χ1n) is 5.55. The molecule has 0 spiro atoms. The largest absolute Gasteiger partial charge is 0.507 e. The number of phenols is 1. The Bertz CT molecular complexity index is 683. The molecule has 102 valence electrons. The van der Waals surface area contributed by atoms with E-state index >= 15 is 0 Å². The Hall–Kier alpha value is -2.43. The lowest BCUT2D eigenvalue weighted by Gasteiger charge is -2.04. The van der Waals surface area contributed by atoms with Crippen LogP contribution in [0.15, 0.2) is 24.4 Å². The lowest BCUT2D eigenvalue weighted by atomic mass is 10.2. The lowest BCUT2D eigenvalue weighted by Crippen LogP contribution is -2.13. The smallest absolute Gasteiger partial charge is 0.264 e. The van der Waals surface area contributed by atoms with Crippen LogP contribution in [0.2, 0.25) is 0 Å². The van der Waals surface area contributed by atoms with Gasteiger partial charge in [-0.2, -0.15) is 0 Å². The van der Waals surface area contributed by atoms with Crippen LogP contribution >= 0.6 is 11.3 Å². The van der Waals surface area contributed by atoms with Gasteiger partial charge in [0.15, 0.2) is 5.13 Å². The van der Waals surface area contributed by atoms with Gasteiger partial charge >= 0.3 is 0 Å². The van der Waals surface area contributed by atoms with Crippen molar-refractivity contribution in [3.05, 3.63) is 40.7 Å². The second-order valence-corrected chi connectivity index (χ2v) is 4.65. The van der Waals surface area contributed by atoms with Crippen molar-refractivity contribution in [3.63, 3.8) is 0 Å². The molecular formula is C13H10FN3O2S. The minimum absolute atomic E-state index is 0.225. The number of aromatic hydroxyl groups is 1. The Morgan fingerprint density at radius 3 is 3.05 bits per heavy atom. The van der Waals surface area contributed by atoms with Gasteiger partial charge in [0.25, 0.3) is 5.91 Å². The van der Waals surface area contributed by atoms with E-state index in [-0.39, 0.29) is 11.7 Å². The lowest BCUT2D eigenvalue weighted by molar-refractivity contribution is 0.102. The van der Waals surface area contributed by atoms with Crippen LogP contribution in [0, 0.1) is 17.7 Å². The molecule has 0 fully saturated rings. The van der Waals surface area contributed by atoms with Gasteiger partial charge in [0.1, 0.15) is 17.1 Å². The number of phenolic OH excluding ortho intramolecular Hbond substituents is 1. The van der Waals surface area contributed by atoms with Crippen molar-refractivity contribution in [2.45, 2.75) is 0 Å². The van der Waals surface area contributed by atoms with Crippen LogP contribution in [-0.4, -0.2) is 22.5 Å². The van der Waals surface area contributed by atoms with Crippen molar-refractivity contribution >= 4 is 22.4 Å². The van der Waals surface area contributed by atoms with Crippen molar-refractivity contribution < 1.29 is 14.3 Å². The van der Waals surface area contributed by atoms with Gasteiger partial charge in [0, 0.05) is 0 Å². The number of hydrogen-bond acceptors (Lipinski definition) is 5. The molecule has 1 amide bonds. The second-order valence-electron chi connectivity index (χ2n) is 3.62. The van der Waals surface area contributed by atoms with Crippen LogP contribution in [0.1, 0.15) is 15.2 Å². The average Bonchev–Trinajstić information content (AvgIpc) is 2.83. The van der Waals surface area contributed by atoms with Gasteiger partial charge in [-0.1, -0.05) is 29.2 Å². The highest BCUT2D eigenvalue weighted by Crippen LogP contribution is 2.23. The van der Waals surface area contributed by atoms with Gasteiger partial charge < -0.3 is 10.8 Å². The molecule has 20 heavy (non-hydrogen) atoms. The number of carbonyl (C=O) groups is 1. The number of nitrogens with zero attached hydrogens (tertiary/aromatic N) is 1. The maximum Gasteiger partial charge on any atom is 0.264 e. The summed E-state index contributed by atoms with van der Waals surface area (Å²) in [6, 6.07) is 3.64. The fraction of sp³-hybridized carbons (Fsp3) is 0.0769. The number of nitrogens with one attached hydrogen (secondary N) is 1. The van der Waals surface area contributed by atoms with E-state index in [1.54, 1.807) is 0 Å². The van der Waals surface area contributed by atoms with E-state index in [4.69, 9.17) is 5.73 Å². The number of nitrogens with two attached hydrogens (primary N) is 1. The zero-order chi connectivity index (χ0) is 14.5. The van der Waals surface area contributed by atoms with Crippen LogP contribution < -0.4 is 11.1 Å². The van der Waals surface area contributed by atoms with Gasteiger partial charge in [0.05, 0.1) is 17.6 Å². The molecule has 7 heteroatoms. The fourth-order valence-corrected chi connectivity index (χ4v) is 2.11. The summed E-state index contributed by atoms with van der Waals surface area (Å²) in [6.07, 6.45) is 1.48. The maximum absolute atomic E-state index is 13.5. The van der Waals surface area contributed by atoms with Crippen molar-refractivity contribution in [1.82, 2.24) is 4.98 Å². The highest BCUT2D eigenvalue weighted by atomic mass is 32.1. The second kappa shape index (κ2) is 6.14. The van der Waals surface area contributed by atoms with E-state index in [0.717, 1.165) is 17.4 Å². The molecule has 0 radical (unpaired) electrons. The topological polar surface area (TPSA) is 88.2 Å².